The number of aromatic carboxylic acids is 1. The summed E-state index contributed by atoms with van der Waals surface area (Å²) in [7, 11) is 1.93. The van der Waals surface area contributed by atoms with Crippen molar-refractivity contribution in [2.75, 3.05) is 6.61 Å². The minimum Gasteiger partial charge on any atom is -0.493 e. The lowest BCUT2D eigenvalue weighted by Gasteiger charge is -2.14. The molecule has 49 heavy (non-hydrogen) atoms. The van der Waals surface area contributed by atoms with Crippen molar-refractivity contribution in [3.8, 4) is 16.9 Å². The van der Waals surface area contributed by atoms with Crippen molar-refractivity contribution >= 4 is 62.8 Å². The largest absolute Gasteiger partial charge is 0.493 e. The second kappa shape index (κ2) is 13.4. The van der Waals surface area contributed by atoms with Crippen molar-refractivity contribution in [2.45, 2.75) is 68.9 Å². The zero-order chi connectivity index (χ0) is 34.6. The second-order valence-electron chi connectivity index (χ2n) is 12.7. The van der Waals surface area contributed by atoms with Gasteiger partial charge in [-0.25, -0.2) is 9.18 Å². The lowest BCUT2D eigenvalue weighted by atomic mass is 9.97. The maximum absolute atomic E-state index is 14.4. The van der Waals surface area contributed by atoms with Crippen LogP contribution in [0.5, 0.6) is 5.75 Å². The Balaban J connectivity index is 1.37. The molecule has 8 bridgehead atoms. The van der Waals surface area contributed by atoms with E-state index >= 15 is 0 Å². The van der Waals surface area contributed by atoms with Crippen LogP contribution >= 0.6 is 35.1 Å². The summed E-state index contributed by atoms with van der Waals surface area (Å²) in [4.78, 5) is 13.7. The molecule has 1 aliphatic heterocycles. The molecule has 6 aromatic rings. The Bertz CT molecular complexity index is 2260. The molecule has 254 valence electrons. The molecule has 1 N–H and O–H groups in total. The van der Waals surface area contributed by atoms with Gasteiger partial charge in [-0.2, -0.15) is 10.2 Å². The quantitative estimate of drug-likeness (QED) is 0.191. The number of carboxylic acids is 1. The highest BCUT2D eigenvalue weighted by molar-refractivity contribution is 7.98. The highest BCUT2D eigenvalue weighted by Gasteiger charge is 2.27. The third-order valence-corrected chi connectivity index (χ3v) is 11.4. The lowest BCUT2D eigenvalue weighted by Crippen LogP contribution is -2.12. The van der Waals surface area contributed by atoms with Crippen LogP contribution in [0.15, 0.2) is 53.4 Å². The first-order valence-electron chi connectivity index (χ1n) is 16.2. The molecule has 0 spiro atoms. The van der Waals surface area contributed by atoms with Crippen molar-refractivity contribution in [1.82, 2.24) is 24.1 Å². The van der Waals surface area contributed by atoms with E-state index in [0.29, 0.717) is 53.2 Å². The maximum Gasteiger partial charge on any atom is 0.352 e. The fraction of sp³-hybridized carbons (Fsp3) is 0.324. The third-order valence-electron chi connectivity index (χ3n) is 9.14. The maximum atomic E-state index is 14.4. The van der Waals surface area contributed by atoms with Gasteiger partial charge in [0.05, 0.1) is 18.0 Å². The smallest absolute Gasteiger partial charge is 0.352 e. The highest BCUT2D eigenvalue weighted by atomic mass is 35.5. The van der Waals surface area contributed by atoms with Crippen molar-refractivity contribution in [3.63, 3.8) is 0 Å². The normalized spacial score (nSPS) is 14.3. The van der Waals surface area contributed by atoms with Crippen molar-refractivity contribution in [1.29, 1.82) is 0 Å². The van der Waals surface area contributed by atoms with Crippen LogP contribution in [0, 0.1) is 19.7 Å². The zero-order valence-electron chi connectivity index (χ0n) is 28.0. The molecule has 0 unspecified atom stereocenters. The van der Waals surface area contributed by atoms with Gasteiger partial charge in [0.25, 0.3) is 0 Å². The third kappa shape index (κ3) is 6.21. The number of benzene rings is 3. The first-order valence-corrected chi connectivity index (χ1v) is 18.7. The van der Waals surface area contributed by atoms with E-state index in [1.165, 1.54) is 12.1 Å². The minimum absolute atomic E-state index is 0.184. The summed E-state index contributed by atoms with van der Waals surface area (Å²) in [6.07, 6.45) is 0.547. The molecule has 1 aliphatic rings. The van der Waals surface area contributed by atoms with E-state index in [-0.39, 0.29) is 17.6 Å². The Labute approximate surface area is 297 Å². The van der Waals surface area contributed by atoms with E-state index in [9.17, 15) is 14.3 Å². The van der Waals surface area contributed by atoms with Gasteiger partial charge in [-0.15, -0.1) is 23.5 Å². The molecule has 0 saturated heterocycles. The molecule has 12 heteroatoms. The molecule has 0 saturated carbocycles. The zero-order valence-corrected chi connectivity index (χ0v) is 30.4. The summed E-state index contributed by atoms with van der Waals surface area (Å²) < 4.78 is 26.6. The average molecular weight is 718 g/mol. The van der Waals surface area contributed by atoms with Gasteiger partial charge in [0.1, 0.15) is 17.3 Å². The molecule has 7 rings (SSSR count). The van der Waals surface area contributed by atoms with Gasteiger partial charge in [-0.3, -0.25) is 9.36 Å². The van der Waals surface area contributed by atoms with E-state index in [0.717, 1.165) is 60.5 Å². The van der Waals surface area contributed by atoms with Gasteiger partial charge in [0.2, 0.25) is 0 Å². The van der Waals surface area contributed by atoms with Gasteiger partial charge in [-0.05, 0) is 93.6 Å². The molecule has 8 nitrogen and oxygen atoms in total. The predicted octanol–water partition coefficient (Wildman–Crippen LogP) is 9.59. The predicted molar refractivity (Wildman–Crippen MR) is 197 cm³/mol. The summed E-state index contributed by atoms with van der Waals surface area (Å²) in [6.45, 7) is 8.90. The Kier molecular flexibility index (Phi) is 9.19. The van der Waals surface area contributed by atoms with E-state index in [4.69, 9.17) is 26.5 Å². The van der Waals surface area contributed by atoms with Crippen molar-refractivity contribution in [2.24, 2.45) is 7.05 Å². The molecule has 4 heterocycles. The highest BCUT2D eigenvalue weighted by Crippen LogP contribution is 2.43. The Morgan fingerprint density at radius 3 is 2.63 bits per heavy atom. The first kappa shape index (κ1) is 33.6. The number of ether oxygens (including phenoxy) is 1. The first-order chi connectivity index (χ1) is 23.5. The van der Waals surface area contributed by atoms with Crippen molar-refractivity contribution in [3.05, 3.63) is 93.4 Å². The molecule has 0 aliphatic carbocycles. The van der Waals surface area contributed by atoms with Crippen LogP contribution in [0.25, 0.3) is 32.8 Å². The second-order valence-corrected chi connectivity index (χ2v) is 15.2. The molecular weight excluding hydrogens is 681 g/mol. The molecular formula is C37H37ClFN5O3S2. The number of hydrogen-bond donors (Lipinski definition) is 1. The molecule has 3 aromatic carbocycles. The van der Waals surface area contributed by atoms with Crippen LogP contribution in [0.3, 0.4) is 0 Å². The van der Waals surface area contributed by atoms with E-state index < -0.39 is 5.97 Å². The number of nitrogens with zero attached hydrogens (tertiary/aromatic N) is 5. The fourth-order valence-corrected chi connectivity index (χ4v) is 8.91. The average Bonchev–Trinajstić information content (AvgIpc) is 3.69. The number of carboxylic acid groups (broad SMARTS) is 1. The standard InChI is InChI=1S/C37H37ClFN5O3S2/c1-20(2)44-26-15-25(40-44)17-48-19-30-34(22(4)42(5)41-30)35-29(38)9-10-31-33(35)21(3)36(37(45)46)43(31)11-6-12-47-32-16-27(49-18-26)14-23-13-24(39)7-8-28(23)32/h7-10,13-16,20H,6,11-12,17-19H2,1-5H3,(H,45,46). The number of hydrogen-bond acceptors (Lipinski definition) is 6. The summed E-state index contributed by atoms with van der Waals surface area (Å²) in [6, 6.07) is 14.9. The van der Waals surface area contributed by atoms with E-state index in [1.54, 1.807) is 29.6 Å². The number of rotatable bonds is 2. The Hall–Kier alpha value is -3.93. The van der Waals surface area contributed by atoms with E-state index in [1.807, 2.05) is 54.4 Å². The molecule has 0 fully saturated rings. The molecule has 0 radical (unpaired) electrons. The van der Waals surface area contributed by atoms with E-state index in [2.05, 4.69) is 24.6 Å². The van der Waals surface area contributed by atoms with Gasteiger partial charge in [-0.1, -0.05) is 11.6 Å². The monoisotopic (exact) mass is 717 g/mol. The van der Waals surface area contributed by atoms with Crippen LogP contribution in [0.1, 0.15) is 65.1 Å². The van der Waals surface area contributed by atoms with Crippen LogP contribution in [0.4, 0.5) is 4.39 Å². The van der Waals surface area contributed by atoms with Gasteiger partial charge < -0.3 is 14.4 Å². The summed E-state index contributed by atoms with van der Waals surface area (Å²) in [5.41, 5.74) is 7.38. The molecule has 3 aromatic heterocycles. The minimum atomic E-state index is -0.997. The van der Waals surface area contributed by atoms with Gasteiger partial charge in [0, 0.05) is 85.6 Å². The van der Waals surface area contributed by atoms with Crippen molar-refractivity contribution < 1.29 is 19.0 Å². The van der Waals surface area contributed by atoms with Crippen LogP contribution < -0.4 is 4.74 Å². The van der Waals surface area contributed by atoms with Gasteiger partial charge >= 0.3 is 5.97 Å². The Morgan fingerprint density at radius 1 is 1.04 bits per heavy atom. The van der Waals surface area contributed by atoms with Crippen LogP contribution in [0.2, 0.25) is 5.02 Å². The number of thioether (sulfide) groups is 2. The Morgan fingerprint density at radius 2 is 1.86 bits per heavy atom. The summed E-state index contributed by atoms with van der Waals surface area (Å²) in [5, 5.41) is 23.3. The van der Waals surface area contributed by atoms with Gasteiger partial charge in [0.15, 0.2) is 0 Å². The number of aromatic nitrogens is 5. The number of aryl methyl sites for hydroxylation is 3. The molecule has 0 atom stereocenters. The lowest BCUT2D eigenvalue weighted by molar-refractivity contribution is 0.0684. The molecule has 0 amide bonds. The summed E-state index contributed by atoms with van der Waals surface area (Å²) >= 11 is 10.4. The SMILES string of the molecule is Cc1c(C(=O)O)n2c3ccc(Cl)c(c13)-c1c(nn(C)c1C)CSCc1cc(n(C(C)C)n1)CSc1cc(c3ccc(F)cc3c1)OCCC2. The number of carbonyl (C=O) groups is 1. The number of fused-ring (bicyclic) bond motifs is 8. The summed E-state index contributed by atoms with van der Waals surface area (Å²) in [5.74, 6) is 1.37. The topological polar surface area (TPSA) is 87.1 Å². The number of halogens is 2. The van der Waals surface area contributed by atoms with Crippen LogP contribution in [-0.2, 0) is 30.9 Å². The van der Waals surface area contributed by atoms with Crippen LogP contribution in [-0.4, -0.2) is 41.8 Å². The fourth-order valence-electron chi connectivity index (χ4n) is 6.88.